The zero-order valence-electron chi connectivity index (χ0n) is 18.8. The minimum Gasteiger partial charge on any atom is -0.507 e. The minimum atomic E-state index is 0.289. The second-order valence-electron chi connectivity index (χ2n) is 8.47. The fourth-order valence-electron chi connectivity index (χ4n) is 4.39. The molecule has 0 saturated carbocycles. The van der Waals surface area contributed by atoms with Crippen molar-refractivity contribution >= 4 is 0 Å². The van der Waals surface area contributed by atoms with Gasteiger partial charge in [-0.1, -0.05) is 42.8 Å². The summed E-state index contributed by atoms with van der Waals surface area (Å²) in [5.41, 5.74) is 9.49. The Kier molecular flexibility index (Phi) is 6.12. The second kappa shape index (κ2) is 8.43. The Morgan fingerprint density at radius 2 is 1.27 bits per heavy atom. The Hall–Kier alpha value is -2.94. The molecule has 3 aromatic carbocycles. The molecule has 3 heteroatoms. The summed E-state index contributed by atoms with van der Waals surface area (Å²) < 4.78 is 0. The van der Waals surface area contributed by atoms with Gasteiger partial charge in [-0.2, -0.15) is 0 Å². The van der Waals surface area contributed by atoms with Crippen molar-refractivity contribution in [3.8, 4) is 17.2 Å². The van der Waals surface area contributed by atoms with Crippen molar-refractivity contribution in [1.29, 1.82) is 0 Å². The molecule has 0 spiro atoms. The lowest BCUT2D eigenvalue weighted by Gasteiger charge is -2.18. The van der Waals surface area contributed by atoms with E-state index in [1.54, 1.807) is 0 Å². The van der Waals surface area contributed by atoms with E-state index in [0.717, 1.165) is 62.1 Å². The first-order chi connectivity index (χ1) is 14.1. The standard InChI is InChI=1S/C27H32O3/c1-7-23-19(6)21(12-18(5)26(23)29)13-20-9-8-16(3)24(27(20)30)14-22-11-15(2)10-17(4)25(22)28/h8-12,28-30H,7,13-14H2,1-6H3. The molecule has 0 aromatic heterocycles. The van der Waals surface area contributed by atoms with Crippen molar-refractivity contribution < 1.29 is 15.3 Å². The van der Waals surface area contributed by atoms with Crippen LogP contribution in [0.15, 0.2) is 30.3 Å². The lowest BCUT2D eigenvalue weighted by Crippen LogP contribution is -2.02. The third-order valence-electron chi connectivity index (χ3n) is 6.21. The number of hydrogen-bond acceptors (Lipinski definition) is 3. The maximum Gasteiger partial charge on any atom is 0.122 e. The largest absolute Gasteiger partial charge is 0.507 e. The summed E-state index contributed by atoms with van der Waals surface area (Å²) in [6, 6.07) is 9.97. The van der Waals surface area contributed by atoms with Crippen molar-refractivity contribution in [2.24, 2.45) is 0 Å². The van der Waals surface area contributed by atoms with Crippen LogP contribution in [0.4, 0.5) is 0 Å². The lowest BCUT2D eigenvalue weighted by atomic mass is 9.89. The Balaban J connectivity index is 2.04. The summed E-state index contributed by atoms with van der Waals surface area (Å²) in [6.45, 7) is 11.9. The van der Waals surface area contributed by atoms with Gasteiger partial charge < -0.3 is 15.3 Å². The monoisotopic (exact) mass is 404 g/mol. The molecule has 0 aliphatic heterocycles. The first-order valence-corrected chi connectivity index (χ1v) is 10.5. The minimum absolute atomic E-state index is 0.289. The molecule has 0 aliphatic carbocycles. The number of phenolic OH excluding ortho intramolecular Hbond substituents is 3. The van der Waals surface area contributed by atoms with Gasteiger partial charge in [-0.05, 0) is 85.5 Å². The predicted molar refractivity (Wildman–Crippen MR) is 123 cm³/mol. The van der Waals surface area contributed by atoms with Gasteiger partial charge in [-0.25, -0.2) is 0 Å². The molecular weight excluding hydrogens is 372 g/mol. The van der Waals surface area contributed by atoms with Crippen molar-refractivity contribution in [2.45, 2.75) is 60.8 Å². The van der Waals surface area contributed by atoms with E-state index in [2.05, 4.69) is 0 Å². The molecule has 158 valence electrons. The van der Waals surface area contributed by atoms with Crippen LogP contribution in [0.25, 0.3) is 0 Å². The molecule has 30 heavy (non-hydrogen) atoms. The highest BCUT2D eigenvalue weighted by atomic mass is 16.3. The SMILES string of the molecule is CCc1c(C)c(Cc2ccc(C)c(Cc3cc(C)cc(C)c3O)c2O)cc(C)c1O. The predicted octanol–water partition coefficient (Wildman–Crippen LogP) is 6.09. The first-order valence-electron chi connectivity index (χ1n) is 10.5. The number of rotatable bonds is 5. The van der Waals surface area contributed by atoms with E-state index in [4.69, 9.17) is 0 Å². The number of hydrogen-bond donors (Lipinski definition) is 3. The maximum atomic E-state index is 11.1. The van der Waals surface area contributed by atoms with E-state index in [-0.39, 0.29) is 5.75 Å². The third kappa shape index (κ3) is 4.02. The zero-order valence-corrected chi connectivity index (χ0v) is 18.8. The van der Waals surface area contributed by atoms with Crippen molar-refractivity contribution in [2.75, 3.05) is 0 Å². The molecule has 3 rings (SSSR count). The van der Waals surface area contributed by atoms with Crippen LogP contribution in [-0.4, -0.2) is 15.3 Å². The highest BCUT2D eigenvalue weighted by molar-refractivity contribution is 5.55. The number of benzene rings is 3. The van der Waals surface area contributed by atoms with E-state index < -0.39 is 0 Å². The van der Waals surface area contributed by atoms with Crippen LogP contribution in [0.2, 0.25) is 0 Å². The Morgan fingerprint density at radius 3 is 1.93 bits per heavy atom. The van der Waals surface area contributed by atoms with Crippen LogP contribution in [-0.2, 0) is 19.3 Å². The molecule has 0 aliphatic rings. The topological polar surface area (TPSA) is 60.7 Å². The quantitative estimate of drug-likeness (QED) is 0.482. The normalized spacial score (nSPS) is 11.1. The van der Waals surface area contributed by atoms with Gasteiger partial charge in [0.15, 0.2) is 0 Å². The molecule has 0 fully saturated rings. The van der Waals surface area contributed by atoms with Crippen LogP contribution >= 0.6 is 0 Å². The Bertz CT molecular complexity index is 1110. The molecule has 0 heterocycles. The smallest absolute Gasteiger partial charge is 0.122 e. The maximum absolute atomic E-state index is 11.1. The molecule has 0 atom stereocenters. The lowest BCUT2D eigenvalue weighted by molar-refractivity contribution is 0.457. The van der Waals surface area contributed by atoms with E-state index in [1.165, 1.54) is 0 Å². The molecule has 0 bridgehead atoms. The summed E-state index contributed by atoms with van der Waals surface area (Å²) in [7, 11) is 0. The highest BCUT2D eigenvalue weighted by Gasteiger charge is 2.17. The molecule has 3 nitrogen and oxygen atoms in total. The van der Waals surface area contributed by atoms with Crippen LogP contribution in [0.5, 0.6) is 17.2 Å². The number of aryl methyl sites for hydroxylation is 4. The summed E-state index contributed by atoms with van der Waals surface area (Å²) >= 11 is 0. The van der Waals surface area contributed by atoms with Gasteiger partial charge in [0.25, 0.3) is 0 Å². The summed E-state index contributed by atoms with van der Waals surface area (Å²) in [4.78, 5) is 0. The fourth-order valence-corrected chi connectivity index (χ4v) is 4.39. The van der Waals surface area contributed by atoms with Crippen molar-refractivity contribution in [3.63, 3.8) is 0 Å². The summed E-state index contributed by atoms with van der Waals surface area (Å²) in [5.74, 6) is 0.956. The number of phenols is 3. The van der Waals surface area contributed by atoms with Gasteiger partial charge >= 0.3 is 0 Å². The molecule has 0 unspecified atom stereocenters. The van der Waals surface area contributed by atoms with Gasteiger partial charge in [-0.15, -0.1) is 0 Å². The first kappa shape index (κ1) is 21.8. The molecule has 3 N–H and O–H groups in total. The van der Waals surface area contributed by atoms with Gasteiger partial charge in [0.2, 0.25) is 0 Å². The van der Waals surface area contributed by atoms with Gasteiger partial charge in [0, 0.05) is 18.4 Å². The van der Waals surface area contributed by atoms with Crippen LogP contribution in [0, 0.1) is 34.6 Å². The Morgan fingerprint density at radius 1 is 0.600 bits per heavy atom. The van der Waals surface area contributed by atoms with E-state index in [9.17, 15) is 15.3 Å². The summed E-state index contributed by atoms with van der Waals surface area (Å²) in [6.07, 6.45) is 1.84. The van der Waals surface area contributed by atoms with E-state index in [0.29, 0.717) is 24.3 Å². The molecule has 3 aromatic rings. The van der Waals surface area contributed by atoms with E-state index in [1.807, 2.05) is 71.9 Å². The van der Waals surface area contributed by atoms with Gasteiger partial charge in [-0.3, -0.25) is 0 Å². The highest BCUT2D eigenvalue weighted by Crippen LogP contribution is 2.35. The Labute approximate surface area is 179 Å². The van der Waals surface area contributed by atoms with Crippen molar-refractivity contribution in [3.05, 3.63) is 86.0 Å². The van der Waals surface area contributed by atoms with Crippen molar-refractivity contribution in [1.82, 2.24) is 0 Å². The fraction of sp³-hybridized carbons (Fsp3) is 0.333. The number of aromatic hydroxyl groups is 3. The summed E-state index contributed by atoms with van der Waals surface area (Å²) in [5, 5.41) is 32.0. The van der Waals surface area contributed by atoms with E-state index >= 15 is 0 Å². The van der Waals surface area contributed by atoms with Crippen LogP contribution < -0.4 is 0 Å². The van der Waals surface area contributed by atoms with Gasteiger partial charge in [0.1, 0.15) is 17.2 Å². The van der Waals surface area contributed by atoms with Crippen LogP contribution in [0.1, 0.15) is 62.6 Å². The average Bonchev–Trinajstić information content (AvgIpc) is 2.69. The molecule has 0 amide bonds. The average molecular weight is 405 g/mol. The molecule has 0 radical (unpaired) electrons. The second-order valence-corrected chi connectivity index (χ2v) is 8.47. The van der Waals surface area contributed by atoms with Gasteiger partial charge in [0.05, 0.1) is 0 Å². The molecular formula is C27H32O3. The van der Waals surface area contributed by atoms with Crippen LogP contribution in [0.3, 0.4) is 0 Å². The molecule has 0 saturated heterocycles. The zero-order chi connectivity index (χ0) is 22.2. The third-order valence-corrected chi connectivity index (χ3v) is 6.21.